The van der Waals surface area contributed by atoms with Gasteiger partial charge >= 0.3 is 0 Å². The molecule has 0 aromatic heterocycles. The zero-order valence-corrected chi connectivity index (χ0v) is 9.93. The maximum absolute atomic E-state index is 5.37. The molecule has 0 radical (unpaired) electrons. The zero-order chi connectivity index (χ0) is 9.90. The van der Waals surface area contributed by atoms with Gasteiger partial charge < -0.3 is 9.47 Å². The van der Waals surface area contributed by atoms with Crippen molar-refractivity contribution in [1.29, 1.82) is 0 Å². The first-order valence-corrected chi connectivity index (χ1v) is 8.58. The van der Waals surface area contributed by atoms with Gasteiger partial charge in [-0.05, 0) is 6.04 Å². The minimum atomic E-state index is -1.00. The minimum Gasteiger partial charge on any atom is -0.350 e. The molecular formula is C10H20O2Si. The van der Waals surface area contributed by atoms with Crippen molar-refractivity contribution in [1.82, 2.24) is 0 Å². The number of hydrogen-bond donors (Lipinski definition) is 0. The Morgan fingerprint density at radius 1 is 1.31 bits per heavy atom. The molecule has 0 N–H and O–H groups in total. The third-order valence-electron chi connectivity index (χ3n) is 1.93. The van der Waals surface area contributed by atoms with Crippen LogP contribution in [0.3, 0.4) is 0 Å². The van der Waals surface area contributed by atoms with E-state index < -0.39 is 8.07 Å². The van der Waals surface area contributed by atoms with Crippen LogP contribution in [0.25, 0.3) is 0 Å². The first-order valence-electron chi connectivity index (χ1n) is 4.87. The molecule has 1 rings (SSSR count). The van der Waals surface area contributed by atoms with Crippen molar-refractivity contribution in [3.05, 3.63) is 12.2 Å². The molecule has 1 heterocycles. The van der Waals surface area contributed by atoms with E-state index in [-0.39, 0.29) is 6.29 Å². The van der Waals surface area contributed by atoms with Crippen LogP contribution >= 0.6 is 0 Å². The summed E-state index contributed by atoms with van der Waals surface area (Å²) in [6.45, 7) is 12.6. The molecule has 0 atom stereocenters. The van der Waals surface area contributed by atoms with E-state index in [0.717, 1.165) is 19.6 Å². The molecule has 1 aliphatic heterocycles. The topological polar surface area (TPSA) is 18.5 Å². The van der Waals surface area contributed by atoms with Crippen LogP contribution in [0.15, 0.2) is 12.2 Å². The SMILES string of the molecule is C=C(CC1OCCO1)C[Si](C)(C)C. The van der Waals surface area contributed by atoms with Crippen LogP contribution in [-0.4, -0.2) is 27.6 Å². The first-order chi connectivity index (χ1) is 5.97. The third-order valence-corrected chi connectivity index (χ3v) is 3.49. The Labute approximate surface area is 81.9 Å². The Balaban J connectivity index is 2.24. The monoisotopic (exact) mass is 200 g/mol. The van der Waals surface area contributed by atoms with Crippen LogP contribution in [0.5, 0.6) is 0 Å². The van der Waals surface area contributed by atoms with Gasteiger partial charge in [-0.15, -0.1) is 0 Å². The molecule has 0 bridgehead atoms. The van der Waals surface area contributed by atoms with Gasteiger partial charge in [-0.3, -0.25) is 0 Å². The van der Waals surface area contributed by atoms with E-state index in [1.54, 1.807) is 0 Å². The van der Waals surface area contributed by atoms with Crippen molar-refractivity contribution in [2.45, 2.75) is 38.4 Å². The van der Waals surface area contributed by atoms with Gasteiger partial charge in [0.2, 0.25) is 0 Å². The summed E-state index contributed by atoms with van der Waals surface area (Å²) < 4.78 is 10.7. The second-order valence-corrected chi connectivity index (χ2v) is 10.3. The summed E-state index contributed by atoms with van der Waals surface area (Å²) >= 11 is 0. The van der Waals surface area contributed by atoms with Gasteiger partial charge in [0.05, 0.1) is 13.2 Å². The quantitative estimate of drug-likeness (QED) is 0.513. The molecule has 0 aromatic rings. The van der Waals surface area contributed by atoms with E-state index in [0.29, 0.717) is 0 Å². The molecule has 0 unspecified atom stereocenters. The molecule has 0 aromatic carbocycles. The second-order valence-electron chi connectivity index (χ2n) is 4.86. The standard InChI is InChI=1S/C10H20O2Si/c1-9(8-13(2,3)4)7-10-11-5-6-12-10/h10H,1,5-8H2,2-4H3. The number of rotatable bonds is 4. The average Bonchev–Trinajstić information content (AvgIpc) is 2.34. The van der Waals surface area contributed by atoms with E-state index in [2.05, 4.69) is 26.2 Å². The number of ether oxygens (including phenoxy) is 2. The fourth-order valence-electron chi connectivity index (χ4n) is 1.58. The Kier molecular flexibility index (Phi) is 3.70. The summed E-state index contributed by atoms with van der Waals surface area (Å²) in [5, 5.41) is 0. The minimum absolute atomic E-state index is 0.0103. The molecule has 3 heteroatoms. The van der Waals surface area contributed by atoms with Crippen LogP contribution in [-0.2, 0) is 9.47 Å². The largest absolute Gasteiger partial charge is 0.350 e. The summed E-state index contributed by atoms with van der Waals surface area (Å²) in [5.74, 6) is 0. The molecule has 1 saturated heterocycles. The van der Waals surface area contributed by atoms with Crippen LogP contribution < -0.4 is 0 Å². The van der Waals surface area contributed by atoms with Crippen LogP contribution in [0.4, 0.5) is 0 Å². The lowest BCUT2D eigenvalue weighted by atomic mass is 10.2. The highest BCUT2D eigenvalue weighted by molar-refractivity contribution is 6.76. The Morgan fingerprint density at radius 3 is 2.31 bits per heavy atom. The normalized spacial score (nSPS) is 19.3. The first kappa shape index (κ1) is 11.0. The van der Waals surface area contributed by atoms with Crippen molar-refractivity contribution >= 4 is 8.07 Å². The summed E-state index contributed by atoms with van der Waals surface area (Å²) in [5.41, 5.74) is 1.28. The van der Waals surface area contributed by atoms with Gasteiger partial charge in [0.1, 0.15) is 0 Å². The average molecular weight is 200 g/mol. The van der Waals surface area contributed by atoms with Crippen molar-refractivity contribution in [2.24, 2.45) is 0 Å². The molecule has 0 aliphatic carbocycles. The summed E-state index contributed by atoms with van der Waals surface area (Å²) in [6.07, 6.45) is 0.869. The van der Waals surface area contributed by atoms with E-state index in [1.807, 2.05) is 0 Å². The van der Waals surface area contributed by atoms with Crippen molar-refractivity contribution in [3.63, 3.8) is 0 Å². The Bertz CT molecular complexity index is 178. The highest BCUT2D eigenvalue weighted by atomic mass is 28.3. The van der Waals surface area contributed by atoms with Gasteiger partial charge in [0.15, 0.2) is 6.29 Å². The molecule has 0 saturated carbocycles. The van der Waals surface area contributed by atoms with Gasteiger partial charge in [-0.25, -0.2) is 0 Å². The lowest BCUT2D eigenvalue weighted by molar-refractivity contribution is -0.0398. The van der Waals surface area contributed by atoms with E-state index in [9.17, 15) is 0 Å². The van der Waals surface area contributed by atoms with E-state index in [4.69, 9.17) is 9.47 Å². The molecule has 2 nitrogen and oxygen atoms in total. The highest BCUT2D eigenvalue weighted by Gasteiger charge is 2.20. The van der Waals surface area contributed by atoms with E-state index in [1.165, 1.54) is 11.6 Å². The van der Waals surface area contributed by atoms with Crippen molar-refractivity contribution in [2.75, 3.05) is 13.2 Å². The lowest BCUT2D eigenvalue weighted by Crippen LogP contribution is -2.21. The van der Waals surface area contributed by atoms with Gasteiger partial charge in [0.25, 0.3) is 0 Å². The molecule has 1 fully saturated rings. The number of hydrogen-bond acceptors (Lipinski definition) is 2. The predicted molar refractivity (Wildman–Crippen MR) is 57.6 cm³/mol. The smallest absolute Gasteiger partial charge is 0.161 e. The van der Waals surface area contributed by atoms with E-state index >= 15 is 0 Å². The highest BCUT2D eigenvalue weighted by Crippen LogP contribution is 2.21. The maximum atomic E-state index is 5.37. The zero-order valence-electron chi connectivity index (χ0n) is 8.93. The Morgan fingerprint density at radius 2 is 1.85 bits per heavy atom. The fourth-order valence-corrected chi connectivity index (χ4v) is 3.23. The van der Waals surface area contributed by atoms with Gasteiger partial charge in [-0.1, -0.05) is 31.8 Å². The van der Waals surface area contributed by atoms with Crippen molar-refractivity contribution in [3.8, 4) is 0 Å². The van der Waals surface area contributed by atoms with Crippen LogP contribution in [0.2, 0.25) is 25.7 Å². The summed E-state index contributed by atoms with van der Waals surface area (Å²) in [7, 11) is -1.00. The summed E-state index contributed by atoms with van der Waals surface area (Å²) in [6, 6.07) is 1.18. The molecular weight excluding hydrogens is 180 g/mol. The molecule has 13 heavy (non-hydrogen) atoms. The van der Waals surface area contributed by atoms with Crippen LogP contribution in [0, 0.1) is 0 Å². The predicted octanol–water partition coefficient (Wildman–Crippen LogP) is 2.64. The van der Waals surface area contributed by atoms with Crippen LogP contribution in [0.1, 0.15) is 6.42 Å². The summed E-state index contributed by atoms with van der Waals surface area (Å²) in [4.78, 5) is 0. The Hall–Kier alpha value is -0.123. The third kappa shape index (κ3) is 4.60. The maximum Gasteiger partial charge on any atom is 0.161 e. The molecule has 0 spiro atoms. The lowest BCUT2D eigenvalue weighted by Gasteiger charge is -2.19. The second kappa shape index (κ2) is 4.40. The molecule has 76 valence electrons. The van der Waals surface area contributed by atoms with Crippen molar-refractivity contribution < 1.29 is 9.47 Å². The molecule has 0 amide bonds. The molecule has 1 aliphatic rings. The van der Waals surface area contributed by atoms with Gasteiger partial charge in [-0.2, -0.15) is 0 Å². The fraction of sp³-hybridized carbons (Fsp3) is 0.800. The van der Waals surface area contributed by atoms with Gasteiger partial charge in [0, 0.05) is 14.5 Å².